The Bertz CT molecular complexity index is 354. The molecule has 1 aromatic heterocycles. The fraction of sp³-hybridized carbons (Fsp3) is 0.769. The fourth-order valence-electron chi connectivity index (χ4n) is 2.52. The minimum atomic E-state index is 0.814. The minimum Gasteiger partial charge on any atom is -0.332 e. The van der Waals surface area contributed by atoms with Crippen LogP contribution < -0.4 is 5.32 Å². The van der Waals surface area contributed by atoms with Gasteiger partial charge in [-0.15, -0.1) is 0 Å². The molecule has 0 radical (unpaired) electrons. The first-order chi connectivity index (χ1) is 7.76. The van der Waals surface area contributed by atoms with Crippen molar-refractivity contribution in [2.75, 3.05) is 6.54 Å². The first-order valence-corrected chi connectivity index (χ1v) is 6.54. The van der Waals surface area contributed by atoms with Crippen LogP contribution in [0.15, 0.2) is 0 Å². The van der Waals surface area contributed by atoms with Gasteiger partial charge in [0.1, 0.15) is 5.82 Å². The lowest BCUT2D eigenvalue weighted by molar-refractivity contribution is 0.407. The Balaban J connectivity index is 2.27. The molecule has 0 amide bonds. The molecule has 1 aliphatic heterocycles. The molecule has 1 atom stereocenters. The Morgan fingerprint density at radius 1 is 1.44 bits per heavy atom. The number of rotatable bonds is 4. The van der Waals surface area contributed by atoms with Crippen LogP contribution in [0.5, 0.6) is 0 Å². The summed E-state index contributed by atoms with van der Waals surface area (Å²) >= 11 is 0. The highest BCUT2D eigenvalue weighted by Gasteiger charge is 2.21. The predicted molar refractivity (Wildman–Crippen MR) is 66.5 cm³/mol. The lowest BCUT2D eigenvalue weighted by Crippen LogP contribution is -2.20. The third-order valence-corrected chi connectivity index (χ3v) is 3.48. The summed E-state index contributed by atoms with van der Waals surface area (Å²) in [5.74, 6) is 2.09. The molecule has 2 heterocycles. The van der Waals surface area contributed by atoms with E-state index in [9.17, 15) is 0 Å². The Hall–Kier alpha value is -0.830. The smallest absolute Gasteiger partial charge is 0.108 e. The van der Waals surface area contributed by atoms with Gasteiger partial charge < -0.3 is 9.88 Å². The first kappa shape index (κ1) is 11.6. The molecule has 0 saturated heterocycles. The maximum atomic E-state index is 4.78. The van der Waals surface area contributed by atoms with Crippen LogP contribution >= 0.6 is 0 Å². The van der Waals surface area contributed by atoms with Crippen LogP contribution in [0, 0.1) is 5.92 Å². The molecule has 1 aromatic rings. The SMILES string of the molecule is CCNCc1nc(CC)n2c1CC(C)CC2. The maximum absolute atomic E-state index is 4.78. The highest BCUT2D eigenvalue weighted by Crippen LogP contribution is 2.24. The summed E-state index contributed by atoms with van der Waals surface area (Å²) in [6, 6.07) is 0. The van der Waals surface area contributed by atoms with Crippen LogP contribution in [0.4, 0.5) is 0 Å². The quantitative estimate of drug-likeness (QED) is 0.844. The van der Waals surface area contributed by atoms with Crippen molar-refractivity contribution >= 4 is 0 Å². The molecular formula is C13H23N3. The second kappa shape index (κ2) is 5.00. The van der Waals surface area contributed by atoms with E-state index in [0.717, 1.165) is 25.4 Å². The molecule has 1 aliphatic rings. The van der Waals surface area contributed by atoms with Crippen LogP contribution in [0.25, 0.3) is 0 Å². The lowest BCUT2D eigenvalue weighted by atomic mass is 9.97. The zero-order chi connectivity index (χ0) is 11.5. The van der Waals surface area contributed by atoms with E-state index in [4.69, 9.17) is 4.98 Å². The second-order valence-electron chi connectivity index (χ2n) is 4.80. The summed E-state index contributed by atoms with van der Waals surface area (Å²) in [7, 11) is 0. The van der Waals surface area contributed by atoms with Crippen molar-refractivity contribution in [2.45, 2.75) is 53.1 Å². The molecule has 0 aromatic carbocycles. The van der Waals surface area contributed by atoms with Gasteiger partial charge in [0.15, 0.2) is 0 Å². The Morgan fingerprint density at radius 3 is 2.94 bits per heavy atom. The van der Waals surface area contributed by atoms with E-state index >= 15 is 0 Å². The summed E-state index contributed by atoms with van der Waals surface area (Å²) in [4.78, 5) is 4.78. The van der Waals surface area contributed by atoms with Gasteiger partial charge in [0, 0.05) is 25.2 Å². The number of nitrogens with zero attached hydrogens (tertiary/aromatic N) is 2. The van der Waals surface area contributed by atoms with Crippen molar-refractivity contribution in [1.82, 2.24) is 14.9 Å². The zero-order valence-corrected chi connectivity index (χ0v) is 10.7. The fourth-order valence-corrected chi connectivity index (χ4v) is 2.52. The van der Waals surface area contributed by atoms with Crippen molar-refractivity contribution in [1.29, 1.82) is 0 Å². The van der Waals surface area contributed by atoms with Gasteiger partial charge in [-0.1, -0.05) is 20.8 Å². The van der Waals surface area contributed by atoms with Crippen LogP contribution in [0.3, 0.4) is 0 Å². The van der Waals surface area contributed by atoms with Gasteiger partial charge in [0.2, 0.25) is 0 Å². The number of imidazole rings is 1. The molecular weight excluding hydrogens is 198 g/mol. The van der Waals surface area contributed by atoms with Crippen molar-refractivity contribution in [3.63, 3.8) is 0 Å². The molecule has 2 rings (SSSR count). The molecule has 0 bridgehead atoms. The number of hydrogen-bond acceptors (Lipinski definition) is 2. The van der Waals surface area contributed by atoms with E-state index in [-0.39, 0.29) is 0 Å². The third kappa shape index (κ3) is 2.14. The Kier molecular flexibility index (Phi) is 3.64. The Morgan fingerprint density at radius 2 is 2.25 bits per heavy atom. The third-order valence-electron chi connectivity index (χ3n) is 3.48. The summed E-state index contributed by atoms with van der Waals surface area (Å²) in [5.41, 5.74) is 2.77. The topological polar surface area (TPSA) is 29.9 Å². The van der Waals surface area contributed by atoms with E-state index in [2.05, 4.69) is 30.7 Å². The van der Waals surface area contributed by atoms with Crippen LogP contribution in [-0.2, 0) is 25.9 Å². The average Bonchev–Trinajstić information content (AvgIpc) is 2.64. The van der Waals surface area contributed by atoms with Crippen molar-refractivity contribution in [3.05, 3.63) is 17.2 Å². The van der Waals surface area contributed by atoms with Crippen LogP contribution in [0.2, 0.25) is 0 Å². The van der Waals surface area contributed by atoms with Crippen LogP contribution in [0.1, 0.15) is 44.4 Å². The zero-order valence-electron chi connectivity index (χ0n) is 10.7. The highest BCUT2D eigenvalue weighted by molar-refractivity contribution is 5.20. The van der Waals surface area contributed by atoms with Crippen molar-refractivity contribution < 1.29 is 0 Å². The molecule has 0 fully saturated rings. The van der Waals surface area contributed by atoms with Gasteiger partial charge in [0.05, 0.1) is 5.69 Å². The molecule has 0 aliphatic carbocycles. The minimum absolute atomic E-state index is 0.814. The second-order valence-corrected chi connectivity index (χ2v) is 4.80. The molecule has 3 nitrogen and oxygen atoms in total. The number of nitrogens with one attached hydrogen (secondary N) is 1. The van der Waals surface area contributed by atoms with E-state index < -0.39 is 0 Å². The average molecular weight is 221 g/mol. The summed E-state index contributed by atoms with van der Waals surface area (Å²) in [5, 5.41) is 3.39. The predicted octanol–water partition coefficient (Wildman–Crippen LogP) is 2.14. The number of fused-ring (bicyclic) bond motifs is 1. The van der Waals surface area contributed by atoms with Gasteiger partial charge in [-0.2, -0.15) is 0 Å². The van der Waals surface area contributed by atoms with Gasteiger partial charge in [0.25, 0.3) is 0 Å². The number of aryl methyl sites for hydroxylation is 1. The van der Waals surface area contributed by atoms with E-state index in [1.165, 1.54) is 36.6 Å². The number of hydrogen-bond donors (Lipinski definition) is 1. The molecule has 1 N–H and O–H groups in total. The van der Waals surface area contributed by atoms with Crippen molar-refractivity contribution in [3.8, 4) is 0 Å². The molecule has 0 saturated carbocycles. The monoisotopic (exact) mass is 221 g/mol. The largest absolute Gasteiger partial charge is 0.332 e. The Labute approximate surface area is 98.3 Å². The summed E-state index contributed by atoms with van der Waals surface area (Å²) in [6.07, 6.45) is 3.55. The van der Waals surface area contributed by atoms with Gasteiger partial charge >= 0.3 is 0 Å². The molecule has 3 heteroatoms. The summed E-state index contributed by atoms with van der Waals surface area (Å²) < 4.78 is 2.45. The maximum Gasteiger partial charge on any atom is 0.108 e. The first-order valence-electron chi connectivity index (χ1n) is 6.54. The normalized spacial score (nSPS) is 19.8. The van der Waals surface area contributed by atoms with Gasteiger partial charge in [-0.3, -0.25) is 0 Å². The standard InChI is InChI=1S/C13H23N3/c1-4-13-15-11(9-14-5-2)12-8-10(3)6-7-16(12)13/h10,14H,4-9H2,1-3H3. The van der Waals surface area contributed by atoms with Gasteiger partial charge in [-0.05, 0) is 25.3 Å². The summed E-state index contributed by atoms with van der Waals surface area (Å²) in [6.45, 7) is 9.80. The number of aromatic nitrogens is 2. The van der Waals surface area contributed by atoms with E-state index in [1.54, 1.807) is 0 Å². The highest BCUT2D eigenvalue weighted by atomic mass is 15.1. The molecule has 0 spiro atoms. The van der Waals surface area contributed by atoms with Gasteiger partial charge in [-0.25, -0.2) is 4.98 Å². The molecule has 16 heavy (non-hydrogen) atoms. The van der Waals surface area contributed by atoms with Crippen LogP contribution in [-0.4, -0.2) is 16.1 Å². The molecule has 1 unspecified atom stereocenters. The van der Waals surface area contributed by atoms with E-state index in [0.29, 0.717) is 0 Å². The molecule has 90 valence electrons. The lowest BCUT2D eigenvalue weighted by Gasteiger charge is -2.22. The van der Waals surface area contributed by atoms with E-state index in [1.807, 2.05) is 0 Å². The van der Waals surface area contributed by atoms with Crippen molar-refractivity contribution in [2.24, 2.45) is 5.92 Å².